The minimum absolute atomic E-state index is 0.156. The third kappa shape index (κ3) is 4.87. The average Bonchev–Trinajstić information content (AvgIpc) is 3.62. The molecule has 8 heteroatoms. The molecule has 5 aromatic rings. The maximum Gasteiger partial charge on any atom is 0.246 e. The van der Waals surface area contributed by atoms with Gasteiger partial charge in [-0.1, -0.05) is 48.5 Å². The molecule has 2 aliphatic rings. The molecule has 2 aliphatic heterocycles. The Hall–Kier alpha value is -4.82. The van der Waals surface area contributed by atoms with Gasteiger partial charge in [-0.25, -0.2) is 15.0 Å². The van der Waals surface area contributed by atoms with Crippen molar-refractivity contribution in [1.82, 2.24) is 29.3 Å². The molecule has 0 bridgehead atoms. The van der Waals surface area contributed by atoms with Crippen molar-refractivity contribution >= 4 is 22.9 Å². The summed E-state index contributed by atoms with van der Waals surface area (Å²) in [4.78, 5) is 30.9. The van der Waals surface area contributed by atoms with Crippen LogP contribution in [0.15, 0.2) is 97.2 Å². The first kappa shape index (κ1) is 25.2. The van der Waals surface area contributed by atoms with Crippen molar-refractivity contribution in [1.29, 1.82) is 0 Å². The van der Waals surface area contributed by atoms with Gasteiger partial charge >= 0.3 is 0 Å². The van der Waals surface area contributed by atoms with E-state index < -0.39 is 0 Å². The van der Waals surface area contributed by atoms with Crippen LogP contribution in [0.25, 0.3) is 39.5 Å². The Morgan fingerprint density at radius 3 is 2.41 bits per heavy atom. The molecule has 1 amide bonds. The van der Waals surface area contributed by atoms with E-state index in [4.69, 9.17) is 15.7 Å². The standard InChI is InChI=1S/C33H31N7O/c34-31-27(8-4-18-35-31)32-37-29-15-14-28(24-6-2-1-3-7-24)36-33(29)40(32)26-12-10-23(11-13-26)22-38-20-16-25(17-21-38)39-19-5-9-30(39)41/h1-15,18,25H,16-17,19-22H2,(H2,34,35). The number of fused-ring (bicyclic) bond motifs is 1. The zero-order chi connectivity index (χ0) is 27.8. The lowest BCUT2D eigenvalue weighted by atomic mass is 10.0. The van der Waals surface area contributed by atoms with Crippen LogP contribution in [-0.4, -0.2) is 60.9 Å². The van der Waals surface area contributed by atoms with Gasteiger partial charge < -0.3 is 10.6 Å². The van der Waals surface area contributed by atoms with Crippen LogP contribution in [0.5, 0.6) is 0 Å². The molecule has 0 unspecified atom stereocenters. The fourth-order valence-electron chi connectivity index (χ4n) is 5.94. The van der Waals surface area contributed by atoms with E-state index in [9.17, 15) is 4.79 Å². The van der Waals surface area contributed by atoms with Crippen molar-refractivity contribution in [3.05, 3.63) is 103 Å². The van der Waals surface area contributed by atoms with Crippen LogP contribution in [0.3, 0.4) is 0 Å². The quantitative estimate of drug-likeness (QED) is 0.322. The number of imidazole rings is 1. The van der Waals surface area contributed by atoms with Crippen molar-refractivity contribution < 1.29 is 4.79 Å². The molecule has 8 nitrogen and oxygen atoms in total. The van der Waals surface area contributed by atoms with Gasteiger partial charge in [-0.15, -0.1) is 0 Å². The second kappa shape index (κ2) is 10.6. The van der Waals surface area contributed by atoms with E-state index in [0.717, 1.165) is 72.7 Å². The number of anilines is 1. The monoisotopic (exact) mass is 541 g/mol. The second-order valence-electron chi connectivity index (χ2n) is 10.7. The Morgan fingerprint density at radius 2 is 1.68 bits per heavy atom. The van der Waals surface area contributed by atoms with Crippen LogP contribution >= 0.6 is 0 Å². The summed E-state index contributed by atoms with van der Waals surface area (Å²) in [7, 11) is 0. The molecular formula is C33H31N7O. The molecule has 0 spiro atoms. The molecule has 0 atom stereocenters. The van der Waals surface area contributed by atoms with Gasteiger partial charge in [-0.05, 0) is 54.8 Å². The van der Waals surface area contributed by atoms with Crippen LogP contribution < -0.4 is 5.73 Å². The topological polar surface area (TPSA) is 93.2 Å². The summed E-state index contributed by atoms with van der Waals surface area (Å²) in [5.41, 5.74) is 12.8. The highest BCUT2D eigenvalue weighted by Crippen LogP contribution is 2.32. The van der Waals surface area contributed by atoms with E-state index in [1.54, 1.807) is 12.3 Å². The Bertz CT molecular complexity index is 1740. The Balaban J connectivity index is 1.18. The zero-order valence-electron chi connectivity index (χ0n) is 22.7. The smallest absolute Gasteiger partial charge is 0.246 e. The molecule has 5 heterocycles. The van der Waals surface area contributed by atoms with Gasteiger partial charge in [0.1, 0.15) is 11.3 Å². The van der Waals surface area contributed by atoms with E-state index in [1.807, 2.05) is 53.4 Å². The number of rotatable bonds is 6. The van der Waals surface area contributed by atoms with Gasteiger partial charge in [-0.2, -0.15) is 0 Å². The fourth-order valence-corrected chi connectivity index (χ4v) is 5.94. The molecule has 3 aromatic heterocycles. The van der Waals surface area contributed by atoms with E-state index in [0.29, 0.717) is 17.7 Å². The lowest BCUT2D eigenvalue weighted by Gasteiger charge is -2.36. The Kier molecular flexibility index (Phi) is 6.53. The van der Waals surface area contributed by atoms with Crippen molar-refractivity contribution in [3.63, 3.8) is 0 Å². The zero-order valence-corrected chi connectivity index (χ0v) is 22.7. The molecule has 1 saturated heterocycles. The molecule has 1 fully saturated rings. The van der Waals surface area contributed by atoms with Gasteiger partial charge in [-0.3, -0.25) is 14.3 Å². The molecule has 7 rings (SSSR count). The van der Waals surface area contributed by atoms with Gasteiger partial charge in [0.2, 0.25) is 5.91 Å². The molecule has 0 saturated carbocycles. The highest BCUT2D eigenvalue weighted by atomic mass is 16.2. The maximum atomic E-state index is 12.1. The minimum atomic E-state index is 0.156. The minimum Gasteiger partial charge on any atom is -0.383 e. The number of nitrogens with zero attached hydrogens (tertiary/aromatic N) is 6. The first-order valence-electron chi connectivity index (χ1n) is 14.1. The lowest BCUT2D eigenvalue weighted by molar-refractivity contribution is -0.127. The van der Waals surface area contributed by atoms with Gasteiger partial charge in [0.25, 0.3) is 0 Å². The van der Waals surface area contributed by atoms with E-state index in [2.05, 4.69) is 50.8 Å². The summed E-state index contributed by atoms with van der Waals surface area (Å²) in [5, 5.41) is 0. The number of likely N-dealkylation sites (tertiary alicyclic amines) is 1. The number of pyridine rings is 2. The lowest BCUT2D eigenvalue weighted by Crippen LogP contribution is -2.45. The number of aromatic nitrogens is 4. The van der Waals surface area contributed by atoms with E-state index in [-0.39, 0.29) is 5.91 Å². The number of piperidine rings is 1. The summed E-state index contributed by atoms with van der Waals surface area (Å²) in [6.45, 7) is 3.60. The molecule has 41 heavy (non-hydrogen) atoms. The van der Waals surface area contributed by atoms with Crippen molar-refractivity contribution in [2.24, 2.45) is 0 Å². The van der Waals surface area contributed by atoms with Crippen LogP contribution in [-0.2, 0) is 11.3 Å². The van der Waals surface area contributed by atoms with Crippen molar-refractivity contribution in [2.45, 2.75) is 25.4 Å². The summed E-state index contributed by atoms with van der Waals surface area (Å²) >= 11 is 0. The van der Waals surface area contributed by atoms with Crippen molar-refractivity contribution in [3.8, 4) is 28.3 Å². The number of nitrogens with two attached hydrogens (primary N) is 1. The normalized spacial score (nSPS) is 16.2. The van der Waals surface area contributed by atoms with Crippen LogP contribution in [0, 0.1) is 0 Å². The second-order valence-corrected chi connectivity index (χ2v) is 10.7. The molecular weight excluding hydrogens is 510 g/mol. The number of nitrogen functional groups attached to an aromatic ring is 1. The van der Waals surface area contributed by atoms with Crippen LogP contribution in [0.2, 0.25) is 0 Å². The largest absolute Gasteiger partial charge is 0.383 e. The highest BCUT2D eigenvalue weighted by molar-refractivity contribution is 5.90. The number of amides is 1. The molecule has 2 aromatic carbocycles. The fraction of sp³-hybridized carbons (Fsp3) is 0.212. The number of carbonyl (C=O) groups is 1. The summed E-state index contributed by atoms with van der Waals surface area (Å²) in [6.07, 6.45) is 7.37. The summed E-state index contributed by atoms with van der Waals surface area (Å²) < 4.78 is 2.07. The Morgan fingerprint density at radius 1 is 0.878 bits per heavy atom. The summed E-state index contributed by atoms with van der Waals surface area (Å²) in [6, 6.07) is 27.0. The highest BCUT2D eigenvalue weighted by Gasteiger charge is 2.28. The van der Waals surface area contributed by atoms with Crippen molar-refractivity contribution in [2.75, 3.05) is 25.4 Å². The Labute approximate surface area is 238 Å². The third-order valence-corrected chi connectivity index (χ3v) is 8.10. The number of hydrogen-bond donors (Lipinski definition) is 1. The van der Waals surface area contributed by atoms with E-state index in [1.165, 1.54) is 5.56 Å². The average molecular weight is 542 g/mol. The van der Waals surface area contributed by atoms with Gasteiger partial charge in [0.05, 0.1) is 11.3 Å². The third-order valence-electron chi connectivity index (χ3n) is 8.10. The first-order chi connectivity index (χ1) is 20.1. The van der Waals surface area contributed by atoms with Gasteiger partial charge in [0.15, 0.2) is 11.5 Å². The van der Waals surface area contributed by atoms with E-state index >= 15 is 0 Å². The summed E-state index contributed by atoms with van der Waals surface area (Å²) in [5.74, 6) is 1.30. The first-order valence-corrected chi connectivity index (χ1v) is 14.1. The SMILES string of the molecule is Nc1ncccc1-c1nc2ccc(-c3ccccc3)nc2n1-c1ccc(CN2CCC(N3CC=CC3=O)CC2)cc1. The van der Waals surface area contributed by atoms with Gasteiger partial charge in [0, 0.05) is 55.7 Å². The number of hydrogen-bond acceptors (Lipinski definition) is 6. The predicted octanol–water partition coefficient (Wildman–Crippen LogP) is 5.09. The molecule has 0 radical (unpaired) electrons. The predicted molar refractivity (Wildman–Crippen MR) is 161 cm³/mol. The number of carbonyl (C=O) groups excluding carboxylic acids is 1. The maximum absolute atomic E-state index is 12.1. The molecule has 0 aliphatic carbocycles. The number of benzene rings is 2. The van der Waals surface area contributed by atoms with Crippen LogP contribution in [0.1, 0.15) is 18.4 Å². The van der Waals surface area contributed by atoms with Crippen LogP contribution in [0.4, 0.5) is 5.82 Å². The molecule has 204 valence electrons. The molecule has 2 N–H and O–H groups in total.